The highest BCUT2D eigenvalue weighted by atomic mass is 16.5. The zero-order valence-electron chi connectivity index (χ0n) is 20.3. The molecule has 0 spiro atoms. The van der Waals surface area contributed by atoms with Gasteiger partial charge in [-0.15, -0.1) is 0 Å². The average molecular weight is 451 g/mol. The van der Waals surface area contributed by atoms with Crippen LogP contribution in [-0.2, 0) is 16.0 Å². The summed E-state index contributed by atoms with van der Waals surface area (Å²) in [5, 5.41) is 1.36. The largest absolute Gasteiger partial charge is 0.490 e. The number of carbonyl (C=O) groups is 1. The SMILES string of the molecule is CCC1C(C)C2CC3c4[nH]c5ccc(OC6CCC(OC(C)=O)CC6)cc5c4CCN(C2)C31. The zero-order valence-corrected chi connectivity index (χ0v) is 20.3. The minimum Gasteiger partial charge on any atom is -0.490 e. The first kappa shape index (κ1) is 21.5. The van der Waals surface area contributed by atoms with Crippen LogP contribution in [0.5, 0.6) is 5.75 Å². The third-order valence-corrected chi connectivity index (χ3v) is 9.38. The normalized spacial score (nSPS) is 37.4. The molecule has 1 aromatic carbocycles. The number of aromatic nitrogens is 1. The lowest BCUT2D eigenvalue weighted by Gasteiger charge is -2.56. The van der Waals surface area contributed by atoms with E-state index in [0.717, 1.165) is 55.6 Å². The summed E-state index contributed by atoms with van der Waals surface area (Å²) in [6.45, 7) is 8.88. The molecule has 7 rings (SSSR count). The predicted molar refractivity (Wildman–Crippen MR) is 130 cm³/mol. The van der Waals surface area contributed by atoms with Crippen molar-refractivity contribution in [2.75, 3.05) is 13.1 Å². The molecule has 6 unspecified atom stereocenters. The molecule has 3 aliphatic heterocycles. The van der Waals surface area contributed by atoms with Gasteiger partial charge in [0.25, 0.3) is 0 Å². The van der Waals surface area contributed by atoms with Gasteiger partial charge in [0.05, 0.1) is 6.10 Å². The molecule has 4 heterocycles. The van der Waals surface area contributed by atoms with Crippen molar-refractivity contribution in [3.63, 3.8) is 0 Å². The number of benzene rings is 1. The van der Waals surface area contributed by atoms with Gasteiger partial charge in [0.2, 0.25) is 0 Å². The van der Waals surface area contributed by atoms with Crippen molar-refractivity contribution in [1.82, 2.24) is 9.88 Å². The smallest absolute Gasteiger partial charge is 0.302 e. The fourth-order valence-electron chi connectivity index (χ4n) is 7.83. The molecule has 4 fully saturated rings. The maximum atomic E-state index is 11.2. The molecule has 1 aromatic heterocycles. The number of carbonyl (C=O) groups excluding carboxylic acids is 1. The van der Waals surface area contributed by atoms with Gasteiger partial charge >= 0.3 is 5.97 Å². The predicted octanol–water partition coefficient (Wildman–Crippen LogP) is 5.43. The highest BCUT2D eigenvalue weighted by Gasteiger charge is 2.51. The first-order valence-electron chi connectivity index (χ1n) is 13.2. The van der Waals surface area contributed by atoms with E-state index in [9.17, 15) is 4.79 Å². The van der Waals surface area contributed by atoms with Crippen LogP contribution in [0.4, 0.5) is 0 Å². The van der Waals surface area contributed by atoms with Crippen molar-refractivity contribution in [2.45, 2.75) is 89.9 Å². The van der Waals surface area contributed by atoms with E-state index in [1.54, 1.807) is 0 Å². The Balaban J connectivity index is 1.24. The number of fused-ring (bicyclic) bond motifs is 4. The monoisotopic (exact) mass is 450 g/mol. The Morgan fingerprint density at radius 3 is 2.73 bits per heavy atom. The van der Waals surface area contributed by atoms with Crippen LogP contribution in [0.2, 0.25) is 0 Å². The zero-order chi connectivity index (χ0) is 22.7. The molecule has 33 heavy (non-hydrogen) atoms. The van der Waals surface area contributed by atoms with Crippen molar-refractivity contribution in [2.24, 2.45) is 17.8 Å². The number of H-pyrrole nitrogens is 1. The Labute approximate surface area is 197 Å². The average Bonchev–Trinajstić information content (AvgIpc) is 3.12. The van der Waals surface area contributed by atoms with Gasteiger partial charge in [-0.05, 0) is 80.0 Å². The van der Waals surface area contributed by atoms with E-state index in [0.29, 0.717) is 12.0 Å². The van der Waals surface area contributed by atoms with Crippen molar-refractivity contribution < 1.29 is 14.3 Å². The van der Waals surface area contributed by atoms with Gasteiger partial charge in [-0.25, -0.2) is 0 Å². The van der Waals surface area contributed by atoms with Gasteiger partial charge < -0.3 is 14.5 Å². The summed E-state index contributed by atoms with van der Waals surface area (Å²) in [5.41, 5.74) is 4.32. The van der Waals surface area contributed by atoms with Crippen molar-refractivity contribution in [1.29, 1.82) is 0 Å². The topological polar surface area (TPSA) is 54.6 Å². The molecule has 0 radical (unpaired) electrons. The second kappa shape index (κ2) is 8.33. The van der Waals surface area contributed by atoms with Gasteiger partial charge in [0.1, 0.15) is 11.9 Å². The van der Waals surface area contributed by atoms with Gasteiger partial charge in [-0.1, -0.05) is 20.3 Å². The summed E-state index contributed by atoms with van der Waals surface area (Å²) >= 11 is 0. The number of hydrogen-bond donors (Lipinski definition) is 1. The number of aromatic amines is 1. The molecule has 6 atom stereocenters. The molecule has 5 nitrogen and oxygen atoms in total. The summed E-state index contributed by atoms with van der Waals surface area (Å²) in [5.74, 6) is 3.97. The molecule has 2 aromatic rings. The summed E-state index contributed by atoms with van der Waals surface area (Å²) in [4.78, 5) is 17.9. The standard InChI is InChI=1S/C28H38N2O3/c1-4-22-16(2)18-13-25-27-23(11-12-30(15-18)28(22)25)24-14-21(9-10-26(24)29-27)33-20-7-5-19(6-8-20)32-17(3)31/h9-10,14,16,18-20,22,25,28-29H,4-8,11-13,15H2,1-3H3. The van der Waals surface area contributed by atoms with Crippen molar-refractivity contribution in [3.8, 4) is 5.75 Å². The van der Waals surface area contributed by atoms with Crippen LogP contribution in [0.15, 0.2) is 18.2 Å². The third-order valence-electron chi connectivity index (χ3n) is 9.38. The number of hydrogen-bond acceptors (Lipinski definition) is 4. The highest BCUT2D eigenvalue weighted by Crippen LogP contribution is 2.53. The van der Waals surface area contributed by atoms with Crippen LogP contribution < -0.4 is 4.74 Å². The second-order valence-corrected chi connectivity index (χ2v) is 11.1. The Bertz CT molecular complexity index is 1040. The van der Waals surface area contributed by atoms with Crippen LogP contribution in [0.25, 0.3) is 10.9 Å². The van der Waals surface area contributed by atoms with Crippen LogP contribution in [0.1, 0.15) is 76.5 Å². The van der Waals surface area contributed by atoms with Crippen LogP contribution in [0.3, 0.4) is 0 Å². The lowest BCUT2D eigenvalue weighted by atomic mass is 9.60. The second-order valence-electron chi connectivity index (χ2n) is 11.1. The first-order chi connectivity index (χ1) is 16.0. The van der Waals surface area contributed by atoms with Crippen molar-refractivity contribution in [3.05, 3.63) is 29.5 Å². The van der Waals surface area contributed by atoms with Crippen LogP contribution in [-0.4, -0.2) is 47.2 Å². The highest BCUT2D eigenvalue weighted by molar-refractivity contribution is 5.86. The molecule has 5 aliphatic rings. The van der Waals surface area contributed by atoms with Gasteiger partial charge in [0.15, 0.2) is 0 Å². The molecule has 2 saturated heterocycles. The molecular weight excluding hydrogens is 412 g/mol. The van der Waals surface area contributed by atoms with E-state index in [1.807, 2.05) is 0 Å². The minimum absolute atomic E-state index is 0.0598. The molecule has 0 amide bonds. The van der Waals surface area contributed by atoms with Gasteiger partial charge in [-0.2, -0.15) is 0 Å². The number of ether oxygens (including phenoxy) is 2. The molecule has 2 aliphatic carbocycles. The Morgan fingerprint density at radius 2 is 1.97 bits per heavy atom. The van der Waals surface area contributed by atoms with E-state index in [-0.39, 0.29) is 18.2 Å². The minimum atomic E-state index is -0.174. The first-order valence-corrected chi connectivity index (χ1v) is 13.2. The Morgan fingerprint density at radius 1 is 1.18 bits per heavy atom. The number of nitrogens with zero attached hydrogens (tertiary/aromatic N) is 1. The van der Waals surface area contributed by atoms with E-state index in [2.05, 4.69) is 41.9 Å². The van der Waals surface area contributed by atoms with E-state index in [1.165, 1.54) is 55.0 Å². The fourth-order valence-corrected chi connectivity index (χ4v) is 7.83. The molecule has 1 N–H and O–H groups in total. The number of esters is 1. The van der Waals surface area contributed by atoms with E-state index in [4.69, 9.17) is 9.47 Å². The third kappa shape index (κ3) is 3.67. The van der Waals surface area contributed by atoms with Crippen LogP contribution >= 0.6 is 0 Å². The Kier molecular flexibility index (Phi) is 5.44. The summed E-state index contributed by atoms with van der Waals surface area (Å²) in [7, 11) is 0. The molecule has 5 heteroatoms. The Hall–Kier alpha value is -2.01. The van der Waals surface area contributed by atoms with Crippen molar-refractivity contribution >= 4 is 16.9 Å². The van der Waals surface area contributed by atoms with Crippen LogP contribution in [0, 0.1) is 17.8 Å². The lowest BCUT2D eigenvalue weighted by Crippen LogP contribution is -2.59. The number of rotatable bonds is 4. The molecule has 2 saturated carbocycles. The number of piperidine rings is 2. The molecular formula is C28H38N2O3. The summed E-state index contributed by atoms with van der Waals surface area (Å²) in [6.07, 6.45) is 7.71. The molecule has 178 valence electrons. The van der Waals surface area contributed by atoms with E-state index < -0.39 is 0 Å². The number of nitrogens with one attached hydrogen (secondary N) is 1. The summed E-state index contributed by atoms with van der Waals surface area (Å²) in [6, 6.07) is 7.34. The van der Waals surface area contributed by atoms with Gasteiger partial charge in [0, 0.05) is 48.6 Å². The summed E-state index contributed by atoms with van der Waals surface area (Å²) < 4.78 is 11.8. The maximum Gasteiger partial charge on any atom is 0.302 e. The van der Waals surface area contributed by atoms with E-state index >= 15 is 0 Å². The lowest BCUT2D eigenvalue weighted by molar-refractivity contribution is -0.148. The van der Waals surface area contributed by atoms with Gasteiger partial charge in [-0.3, -0.25) is 9.69 Å². The quantitative estimate of drug-likeness (QED) is 0.632. The molecule has 4 bridgehead atoms. The maximum absolute atomic E-state index is 11.2. The fraction of sp³-hybridized carbons (Fsp3) is 0.679.